The predicted molar refractivity (Wildman–Crippen MR) is 257 cm³/mol. The standard InChI is InChI=1S/C50H100NO12P/c1-3-5-7-9-11-13-15-17-19-20-21-22-23-25-27-29-31-33-35-37-39-43(53)50(59)51-41(40-62-64(60,61)63-49-47(57)45(55)44(54)46(56)48(49)58)42(52)38-36-34-32-30-28-26-24-18-16-14-12-10-8-6-4-2/h41-49,52-58H,3-40H2,1-2H3,(H,51,59)(H,60,61)/t41-,42+,43?,44?,45-,46+,47+,48+,49?/m0/s1. The van der Waals surface area contributed by atoms with Gasteiger partial charge in [0.15, 0.2) is 0 Å². The van der Waals surface area contributed by atoms with E-state index in [2.05, 4.69) is 19.2 Å². The van der Waals surface area contributed by atoms with E-state index in [0.29, 0.717) is 12.8 Å². The zero-order valence-corrected chi connectivity index (χ0v) is 41.6. The summed E-state index contributed by atoms with van der Waals surface area (Å²) in [7, 11) is -5.13. The first-order valence-corrected chi connectivity index (χ1v) is 28.1. The molecular formula is C50H100NO12P. The molecule has 64 heavy (non-hydrogen) atoms. The smallest absolute Gasteiger partial charge is 0.391 e. The molecule has 0 spiro atoms. The minimum absolute atomic E-state index is 0.225. The second-order valence-corrected chi connectivity index (χ2v) is 20.6. The lowest BCUT2D eigenvalue weighted by molar-refractivity contribution is -0.220. The van der Waals surface area contributed by atoms with Gasteiger partial charge in [-0.3, -0.25) is 13.8 Å². The van der Waals surface area contributed by atoms with E-state index in [-0.39, 0.29) is 12.8 Å². The fraction of sp³-hybridized carbons (Fsp3) is 0.980. The molecule has 0 aromatic heterocycles. The maximum Gasteiger partial charge on any atom is 0.472 e. The third kappa shape index (κ3) is 30.6. The largest absolute Gasteiger partial charge is 0.472 e. The predicted octanol–water partition coefficient (Wildman–Crippen LogP) is 9.99. The van der Waals surface area contributed by atoms with Crippen molar-refractivity contribution in [1.82, 2.24) is 5.32 Å². The third-order valence-corrected chi connectivity index (χ3v) is 14.3. The van der Waals surface area contributed by atoms with E-state index < -0.39 is 75.2 Å². The van der Waals surface area contributed by atoms with E-state index >= 15 is 0 Å². The summed E-state index contributed by atoms with van der Waals surface area (Å²) < 4.78 is 23.0. The molecule has 1 rings (SSSR count). The summed E-state index contributed by atoms with van der Waals surface area (Å²) >= 11 is 0. The van der Waals surface area contributed by atoms with Crippen LogP contribution in [-0.2, 0) is 18.4 Å². The molecule has 14 heteroatoms. The molecule has 0 aromatic carbocycles. The Morgan fingerprint density at radius 2 is 0.750 bits per heavy atom. The number of nitrogens with one attached hydrogen (secondary N) is 1. The monoisotopic (exact) mass is 938 g/mol. The summed E-state index contributed by atoms with van der Waals surface area (Å²) in [5.41, 5.74) is 0. The second kappa shape index (κ2) is 40.2. The van der Waals surface area contributed by atoms with Gasteiger partial charge < -0.3 is 46.0 Å². The Labute approximate surface area is 389 Å². The van der Waals surface area contributed by atoms with Crippen LogP contribution in [0.25, 0.3) is 0 Å². The number of hydrogen-bond acceptors (Lipinski definition) is 11. The summed E-state index contributed by atoms with van der Waals surface area (Å²) in [6, 6.07) is -1.20. The first-order valence-electron chi connectivity index (χ1n) is 26.6. The minimum Gasteiger partial charge on any atom is -0.391 e. The summed E-state index contributed by atoms with van der Waals surface area (Å²) in [6.45, 7) is 3.79. The van der Waals surface area contributed by atoms with Gasteiger partial charge in [-0.05, 0) is 12.8 Å². The van der Waals surface area contributed by atoms with Crippen LogP contribution in [-0.4, -0.2) is 108 Å². The average Bonchev–Trinajstić information content (AvgIpc) is 3.28. The first-order chi connectivity index (χ1) is 30.9. The zero-order chi connectivity index (χ0) is 47.3. The normalized spacial score (nSPS) is 22.6. The van der Waals surface area contributed by atoms with E-state index in [1.807, 2.05) is 0 Å². The highest BCUT2D eigenvalue weighted by molar-refractivity contribution is 7.47. The van der Waals surface area contributed by atoms with Crippen LogP contribution < -0.4 is 5.32 Å². The van der Waals surface area contributed by atoms with Crippen molar-refractivity contribution >= 4 is 13.7 Å². The van der Waals surface area contributed by atoms with Gasteiger partial charge in [-0.25, -0.2) is 4.57 Å². The molecule has 0 aliphatic heterocycles. The number of aliphatic hydroxyl groups is 7. The van der Waals surface area contributed by atoms with Gasteiger partial charge >= 0.3 is 7.82 Å². The number of carbonyl (C=O) groups is 1. The number of rotatable bonds is 45. The molecule has 13 nitrogen and oxygen atoms in total. The van der Waals surface area contributed by atoms with Crippen molar-refractivity contribution < 1.29 is 59.0 Å². The van der Waals surface area contributed by atoms with Crippen LogP contribution in [0.4, 0.5) is 0 Å². The number of hydrogen-bond donors (Lipinski definition) is 9. The fourth-order valence-electron chi connectivity index (χ4n) is 8.86. The molecule has 10 atom stereocenters. The maximum atomic E-state index is 13.1. The molecule has 1 saturated carbocycles. The molecule has 9 N–H and O–H groups in total. The quantitative estimate of drug-likeness (QED) is 0.0205. The van der Waals surface area contributed by atoms with E-state index in [0.717, 1.165) is 44.9 Å². The summed E-state index contributed by atoms with van der Waals surface area (Å²) in [4.78, 5) is 23.6. The van der Waals surface area contributed by atoms with Gasteiger partial charge in [-0.15, -0.1) is 0 Å². The van der Waals surface area contributed by atoms with Crippen LogP contribution in [0.3, 0.4) is 0 Å². The van der Waals surface area contributed by atoms with Crippen LogP contribution in [0.2, 0.25) is 0 Å². The Morgan fingerprint density at radius 3 is 1.08 bits per heavy atom. The van der Waals surface area contributed by atoms with Gasteiger partial charge in [0, 0.05) is 0 Å². The SMILES string of the molecule is CCCCCCCCCCCCCCCCCCCCCCC(O)C(=O)N[C@@H](COP(=O)(O)OC1[C@H](O)[C@H](O)C(O)[C@H](O)[C@H]1O)[C@H](O)CCCCCCCCCCCCCCCCC. The van der Waals surface area contributed by atoms with Crippen LogP contribution in [0.15, 0.2) is 0 Å². The number of phosphoric acid groups is 1. The molecule has 0 radical (unpaired) electrons. The van der Waals surface area contributed by atoms with Crippen molar-refractivity contribution in [2.45, 2.75) is 306 Å². The van der Waals surface area contributed by atoms with Crippen molar-refractivity contribution in [1.29, 1.82) is 0 Å². The molecule has 382 valence electrons. The lowest BCUT2D eigenvalue weighted by atomic mass is 9.85. The van der Waals surface area contributed by atoms with Crippen molar-refractivity contribution in [3.8, 4) is 0 Å². The number of phosphoric ester groups is 1. The lowest BCUT2D eigenvalue weighted by Crippen LogP contribution is -2.64. The van der Waals surface area contributed by atoms with Crippen molar-refractivity contribution in [2.75, 3.05) is 6.61 Å². The minimum atomic E-state index is -5.13. The molecule has 0 aromatic rings. The van der Waals surface area contributed by atoms with Gasteiger partial charge in [-0.2, -0.15) is 0 Å². The van der Waals surface area contributed by atoms with E-state index in [4.69, 9.17) is 9.05 Å². The van der Waals surface area contributed by atoms with Gasteiger partial charge in [0.25, 0.3) is 0 Å². The number of unbranched alkanes of at least 4 members (excludes halogenated alkanes) is 33. The molecule has 1 aliphatic rings. The van der Waals surface area contributed by atoms with Crippen LogP contribution >= 0.6 is 7.82 Å². The van der Waals surface area contributed by atoms with Crippen LogP contribution in [0, 0.1) is 0 Å². The van der Waals surface area contributed by atoms with Crippen molar-refractivity contribution in [3.05, 3.63) is 0 Å². The first kappa shape index (κ1) is 61.3. The molecule has 1 amide bonds. The lowest BCUT2D eigenvalue weighted by Gasteiger charge is -2.41. The summed E-state index contributed by atoms with van der Waals surface area (Å²) in [5.74, 6) is -0.742. The molecule has 0 saturated heterocycles. The Hall–Kier alpha value is -0.700. The molecule has 4 unspecified atom stereocenters. The molecular weight excluding hydrogens is 838 g/mol. The van der Waals surface area contributed by atoms with Crippen molar-refractivity contribution in [3.63, 3.8) is 0 Å². The maximum absolute atomic E-state index is 13.1. The molecule has 0 heterocycles. The highest BCUT2D eigenvalue weighted by atomic mass is 31.2. The number of aliphatic hydroxyl groups excluding tert-OH is 7. The van der Waals surface area contributed by atoms with Crippen molar-refractivity contribution in [2.24, 2.45) is 0 Å². The Balaban J connectivity index is 2.42. The molecule has 0 bridgehead atoms. The molecule has 1 fully saturated rings. The Bertz CT molecular complexity index is 1110. The van der Waals surface area contributed by atoms with Crippen LogP contribution in [0.5, 0.6) is 0 Å². The highest BCUT2D eigenvalue weighted by Gasteiger charge is 2.51. The van der Waals surface area contributed by atoms with E-state index in [9.17, 15) is 50.0 Å². The third-order valence-electron chi connectivity index (χ3n) is 13.3. The van der Waals surface area contributed by atoms with Gasteiger partial charge in [0.1, 0.15) is 42.7 Å². The number of amides is 1. The fourth-order valence-corrected chi connectivity index (χ4v) is 9.82. The average molecular weight is 938 g/mol. The van der Waals surface area contributed by atoms with Crippen LogP contribution in [0.1, 0.15) is 251 Å². The van der Waals surface area contributed by atoms with Gasteiger partial charge in [0.05, 0.1) is 18.8 Å². The summed E-state index contributed by atoms with van der Waals surface area (Å²) in [6.07, 6.45) is 28.9. The van der Waals surface area contributed by atoms with E-state index in [1.165, 1.54) is 167 Å². The second-order valence-electron chi connectivity index (χ2n) is 19.2. The highest BCUT2D eigenvalue weighted by Crippen LogP contribution is 2.47. The zero-order valence-electron chi connectivity index (χ0n) is 40.7. The Morgan fingerprint density at radius 1 is 0.469 bits per heavy atom. The topological polar surface area (TPSA) is 226 Å². The van der Waals surface area contributed by atoms with Gasteiger partial charge in [-0.1, -0.05) is 239 Å². The van der Waals surface area contributed by atoms with Gasteiger partial charge in [0.2, 0.25) is 5.91 Å². The van der Waals surface area contributed by atoms with E-state index in [1.54, 1.807) is 0 Å². The number of carbonyl (C=O) groups excluding carboxylic acids is 1. The summed E-state index contributed by atoms with van der Waals surface area (Å²) in [5, 5.41) is 74.8. The molecule has 1 aliphatic carbocycles. The Kier molecular flexibility index (Phi) is 38.5.